The predicted molar refractivity (Wildman–Crippen MR) is 64.5 cm³/mol. The number of halogens is 3. The van der Waals surface area contributed by atoms with Gasteiger partial charge in [-0.1, -0.05) is 44.4 Å². The van der Waals surface area contributed by atoms with Gasteiger partial charge in [0.1, 0.15) is 0 Å². The van der Waals surface area contributed by atoms with Gasteiger partial charge in [-0.3, -0.25) is 4.79 Å². The number of carbonyl (C=O) groups excluding carboxylic acids is 1. The summed E-state index contributed by atoms with van der Waals surface area (Å²) in [5.74, 6) is -0.418. The summed E-state index contributed by atoms with van der Waals surface area (Å²) in [5, 5.41) is 0. The van der Waals surface area contributed by atoms with Crippen molar-refractivity contribution in [2.45, 2.75) is 45.2 Å². The summed E-state index contributed by atoms with van der Waals surface area (Å²) >= 11 is 0. The SMILES string of the molecule is CCCCCCC(=O)c1ccccc1C(F)(F)F. The summed E-state index contributed by atoms with van der Waals surface area (Å²) in [5.41, 5.74) is -1.04. The lowest BCUT2D eigenvalue weighted by atomic mass is 9.99. The molecule has 0 saturated heterocycles. The summed E-state index contributed by atoms with van der Waals surface area (Å²) in [6, 6.07) is 4.98. The third kappa shape index (κ3) is 4.17. The fourth-order valence-electron chi connectivity index (χ4n) is 1.82. The number of hydrogen-bond donors (Lipinski definition) is 0. The Labute approximate surface area is 105 Å². The fraction of sp³-hybridized carbons (Fsp3) is 0.500. The summed E-state index contributed by atoms with van der Waals surface area (Å²) in [6.07, 6.45) is -0.695. The average molecular weight is 258 g/mol. The van der Waals surface area contributed by atoms with Crippen molar-refractivity contribution >= 4 is 5.78 Å². The van der Waals surface area contributed by atoms with Crippen LogP contribution in [0.5, 0.6) is 0 Å². The van der Waals surface area contributed by atoms with Gasteiger partial charge in [-0.25, -0.2) is 0 Å². The Kier molecular flexibility index (Phi) is 5.38. The molecule has 0 unspecified atom stereocenters. The van der Waals surface area contributed by atoms with Gasteiger partial charge in [0.2, 0.25) is 0 Å². The van der Waals surface area contributed by atoms with Crippen molar-refractivity contribution in [2.24, 2.45) is 0 Å². The summed E-state index contributed by atoms with van der Waals surface area (Å²) in [4.78, 5) is 11.8. The summed E-state index contributed by atoms with van der Waals surface area (Å²) in [6.45, 7) is 2.04. The Morgan fingerprint density at radius 3 is 2.39 bits per heavy atom. The van der Waals surface area contributed by atoms with Crippen LogP contribution >= 0.6 is 0 Å². The molecule has 1 aromatic rings. The normalized spacial score (nSPS) is 11.6. The fourth-order valence-corrected chi connectivity index (χ4v) is 1.82. The van der Waals surface area contributed by atoms with Gasteiger partial charge in [0.05, 0.1) is 5.56 Å². The average Bonchev–Trinajstić information content (AvgIpc) is 2.33. The molecule has 1 rings (SSSR count). The molecule has 0 aliphatic carbocycles. The minimum Gasteiger partial charge on any atom is -0.294 e. The maximum absolute atomic E-state index is 12.7. The monoisotopic (exact) mass is 258 g/mol. The highest BCUT2D eigenvalue weighted by Gasteiger charge is 2.34. The second-order valence-corrected chi connectivity index (χ2v) is 4.28. The van der Waals surface area contributed by atoms with Crippen molar-refractivity contribution in [3.8, 4) is 0 Å². The standard InChI is InChI=1S/C14H17F3O/c1-2-3-4-5-10-13(18)11-8-6-7-9-12(11)14(15,16)17/h6-9H,2-5,10H2,1H3. The van der Waals surface area contributed by atoms with Crippen molar-refractivity contribution in [2.75, 3.05) is 0 Å². The molecule has 0 N–H and O–H groups in total. The Morgan fingerprint density at radius 1 is 1.11 bits per heavy atom. The van der Waals surface area contributed by atoms with Crippen LogP contribution in [0.25, 0.3) is 0 Å². The molecule has 0 bridgehead atoms. The van der Waals surface area contributed by atoms with Gasteiger partial charge in [-0.15, -0.1) is 0 Å². The quantitative estimate of drug-likeness (QED) is 0.526. The molecule has 0 aliphatic rings. The zero-order valence-corrected chi connectivity index (χ0v) is 10.4. The molecule has 0 saturated carbocycles. The van der Waals surface area contributed by atoms with Crippen LogP contribution in [0.4, 0.5) is 13.2 Å². The zero-order chi connectivity index (χ0) is 13.6. The summed E-state index contributed by atoms with van der Waals surface area (Å²) in [7, 11) is 0. The Bertz CT molecular complexity index is 396. The van der Waals surface area contributed by atoms with Gasteiger partial charge >= 0.3 is 6.18 Å². The first-order valence-electron chi connectivity index (χ1n) is 6.16. The topological polar surface area (TPSA) is 17.1 Å². The number of alkyl halides is 3. The highest BCUT2D eigenvalue weighted by atomic mass is 19.4. The number of Topliss-reactive ketones (excluding diaryl/α,β-unsaturated/α-hetero) is 1. The van der Waals surface area contributed by atoms with E-state index in [2.05, 4.69) is 0 Å². The number of ketones is 1. The van der Waals surface area contributed by atoms with Crippen molar-refractivity contribution in [3.05, 3.63) is 35.4 Å². The molecule has 1 aromatic carbocycles. The molecular weight excluding hydrogens is 241 g/mol. The number of benzene rings is 1. The molecule has 0 radical (unpaired) electrons. The van der Waals surface area contributed by atoms with E-state index in [0.29, 0.717) is 6.42 Å². The first kappa shape index (κ1) is 14.7. The van der Waals surface area contributed by atoms with E-state index in [1.165, 1.54) is 18.2 Å². The molecule has 0 atom stereocenters. The van der Waals surface area contributed by atoms with Crippen LogP contribution in [0.2, 0.25) is 0 Å². The van der Waals surface area contributed by atoms with Crippen LogP contribution in [0.1, 0.15) is 54.9 Å². The highest BCUT2D eigenvalue weighted by molar-refractivity contribution is 5.97. The van der Waals surface area contributed by atoms with Gasteiger partial charge in [0.15, 0.2) is 5.78 Å². The number of rotatable bonds is 6. The molecule has 4 heteroatoms. The van der Waals surface area contributed by atoms with E-state index in [9.17, 15) is 18.0 Å². The van der Waals surface area contributed by atoms with Crippen molar-refractivity contribution in [3.63, 3.8) is 0 Å². The van der Waals surface area contributed by atoms with E-state index in [-0.39, 0.29) is 12.0 Å². The maximum atomic E-state index is 12.7. The third-order valence-electron chi connectivity index (χ3n) is 2.79. The number of unbranched alkanes of at least 4 members (excludes halogenated alkanes) is 3. The second kappa shape index (κ2) is 6.57. The summed E-state index contributed by atoms with van der Waals surface area (Å²) < 4.78 is 38.1. The van der Waals surface area contributed by atoms with Gasteiger partial charge in [-0.05, 0) is 12.5 Å². The molecular formula is C14H17F3O. The first-order valence-corrected chi connectivity index (χ1v) is 6.16. The van der Waals surface area contributed by atoms with Gasteiger partial charge < -0.3 is 0 Å². The first-order chi connectivity index (χ1) is 8.46. The minimum atomic E-state index is -4.46. The van der Waals surface area contributed by atoms with E-state index in [4.69, 9.17) is 0 Å². The van der Waals surface area contributed by atoms with E-state index >= 15 is 0 Å². The zero-order valence-electron chi connectivity index (χ0n) is 10.4. The highest BCUT2D eigenvalue weighted by Crippen LogP contribution is 2.32. The van der Waals surface area contributed by atoms with Gasteiger partial charge in [0.25, 0.3) is 0 Å². The van der Waals surface area contributed by atoms with Crippen LogP contribution in [0, 0.1) is 0 Å². The van der Waals surface area contributed by atoms with Crippen molar-refractivity contribution in [1.29, 1.82) is 0 Å². The minimum absolute atomic E-state index is 0.188. The van der Waals surface area contributed by atoms with E-state index in [1.807, 2.05) is 6.92 Å². The Morgan fingerprint density at radius 2 is 1.78 bits per heavy atom. The largest absolute Gasteiger partial charge is 0.417 e. The molecule has 1 nitrogen and oxygen atoms in total. The van der Waals surface area contributed by atoms with Crippen LogP contribution in [0.3, 0.4) is 0 Å². The Hall–Kier alpha value is -1.32. The van der Waals surface area contributed by atoms with Crippen LogP contribution in [-0.4, -0.2) is 5.78 Å². The van der Waals surface area contributed by atoms with Crippen LogP contribution < -0.4 is 0 Å². The van der Waals surface area contributed by atoms with E-state index < -0.39 is 17.5 Å². The lowest BCUT2D eigenvalue weighted by Gasteiger charge is -2.11. The van der Waals surface area contributed by atoms with E-state index in [0.717, 1.165) is 25.3 Å². The lowest BCUT2D eigenvalue weighted by Crippen LogP contribution is -2.12. The molecule has 0 amide bonds. The van der Waals surface area contributed by atoms with Crippen molar-refractivity contribution < 1.29 is 18.0 Å². The van der Waals surface area contributed by atoms with Crippen LogP contribution in [0.15, 0.2) is 24.3 Å². The molecule has 0 spiro atoms. The van der Waals surface area contributed by atoms with Crippen LogP contribution in [-0.2, 0) is 6.18 Å². The number of hydrogen-bond acceptors (Lipinski definition) is 1. The molecule has 0 aliphatic heterocycles. The molecule has 0 fully saturated rings. The number of carbonyl (C=O) groups is 1. The Balaban J connectivity index is 2.74. The van der Waals surface area contributed by atoms with Gasteiger partial charge in [0, 0.05) is 12.0 Å². The molecule has 18 heavy (non-hydrogen) atoms. The van der Waals surface area contributed by atoms with E-state index in [1.54, 1.807) is 0 Å². The predicted octanol–water partition coefficient (Wildman–Crippen LogP) is 4.86. The second-order valence-electron chi connectivity index (χ2n) is 4.28. The third-order valence-corrected chi connectivity index (χ3v) is 2.79. The van der Waals surface area contributed by atoms with Crippen molar-refractivity contribution in [1.82, 2.24) is 0 Å². The maximum Gasteiger partial charge on any atom is 0.417 e. The molecule has 100 valence electrons. The molecule has 0 heterocycles. The van der Waals surface area contributed by atoms with Gasteiger partial charge in [-0.2, -0.15) is 13.2 Å². The smallest absolute Gasteiger partial charge is 0.294 e. The molecule has 0 aromatic heterocycles. The lowest BCUT2D eigenvalue weighted by molar-refractivity contribution is -0.137.